The largest absolute Gasteiger partial charge is 0.310 e. The van der Waals surface area contributed by atoms with Gasteiger partial charge in [0.2, 0.25) is 0 Å². The van der Waals surface area contributed by atoms with Crippen LogP contribution in [0.4, 0.5) is 17.1 Å². The number of benzene rings is 9. The van der Waals surface area contributed by atoms with Crippen molar-refractivity contribution in [2.75, 3.05) is 4.90 Å². The van der Waals surface area contributed by atoms with E-state index in [0.29, 0.717) is 0 Å². The van der Waals surface area contributed by atoms with Crippen molar-refractivity contribution in [3.63, 3.8) is 0 Å². The lowest BCUT2D eigenvalue weighted by molar-refractivity contribution is 0.456. The monoisotopic (exact) mass is 841 g/mol. The molecule has 0 saturated carbocycles. The third-order valence-corrected chi connectivity index (χ3v) is 16.2. The van der Waals surface area contributed by atoms with Gasteiger partial charge in [0.05, 0.1) is 10.8 Å². The van der Waals surface area contributed by atoms with Crippen molar-refractivity contribution in [2.24, 2.45) is 5.92 Å². The summed E-state index contributed by atoms with van der Waals surface area (Å²) in [5, 5.41) is 0. The van der Waals surface area contributed by atoms with E-state index in [2.05, 4.69) is 249 Å². The zero-order valence-corrected chi connectivity index (χ0v) is 37.2. The molecule has 0 amide bonds. The first kappa shape index (κ1) is 37.6. The van der Waals surface area contributed by atoms with Gasteiger partial charge in [0, 0.05) is 28.4 Å². The van der Waals surface area contributed by atoms with Gasteiger partial charge in [-0.15, -0.1) is 0 Å². The Hall–Kier alpha value is -7.74. The first-order valence-electron chi connectivity index (χ1n) is 23.6. The highest BCUT2D eigenvalue weighted by Gasteiger charge is 2.62. The van der Waals surface area contributed by atoms with E-state index in [9.17, 15) is 0 Å². The maximum absolute atomic E-state index is 2.53. The van der Waals surface area contributed by atoms with Gasteiger partial charge in [0.25, 0.3) is 0 Å². The molecular weight excluding hydrogens is 795 g/mol. The van der Waals surface area contributed by atoms with Gasteiger partial charge >= 0.3 is 0 Å². The maximum atomic E-state index is 2.53. The van der Waals surface area contributed by atoms with Crippen LogP contribution < -0.4 is 4.90 Å². The minimum Gasteiger partial charge on any atom is -0.310 e. The number of fused-ring (bicyclic) bond motifs is 15. The Bertz CT molecular complexity index is 3540. The molecule has 3 unspecified atom stereocenters. The summed E-state index contributed by atoms with van der Waals surface area (Å²) in [6.45, 7) is 4.72. The number of anilines is 3. The van der Waals surface area contributed by atoms with Crippen molar-refractivity contribution >= 4 is 22.6 Å². The quantitative estimate of drug-likeness (QED) is 0.167. The first-order valence-corrected chi connectivity index (χ1v) is 23.6. The second-order valence-electron chi connectivity index (χ2n) is 19.5. The molecule has 0 heterocycles. The smallest absolute Gasteiger partial charge is 0.0720 e. The average Bonchev–Trinajstić information content (AvgIpc) is 3.94. The van der Waals surface area contributed by atoms with Crippen molar-refractivity contribution in [1.82, 2.24) is 0 Å². The Balaban J connectivity index is 0.973. The Morgan fingerprint density at radius 2 is 0.970 bits per heavy atom. The summed E-state index contributed by atoms with van der Waals surface area (Å²) < 4.78 is 0. The summed E-state index contributed by atoms with van der Waals surface area (Å²) in [7, 11) is 0. The Morgan fingerprint density at radius 3 is 1.76 bits per heavy atom. The summed E-state index contributed by atoms with van der Waals surface area (Å²) >= 11 is 0. The van der Waals surface area contributed by atoms with Gasteiger partial charge in [-0.05, 0) is 143 Å². The number of hydrogen-bond acceptors (Lipinski definition) is 1. The predicted octanol–water partition coefficient (Wildman–Crippen LogP) is 16.1. The lowest BCUT2D eigenvalue weighted by Crippen LogP contribution is -2.45. The average molecular weight is 842 g/mol. The van der Waals surface area contributed by atoms with E-state index >= 15 is 0 Å². The lowest BCUT2D eigenvalue weighted by atomic mass is 9.51. The molecule has 9 aromatic carbocycles. The van der Waals surface area contributed by atoms with Crippen LogP contribution in [0.25, 0.3) is 39.0 Å². The highest BCUT2D eigenvalue weighted by molar-refractivity contribution is 5.95. The van der Waals surface area contributed by atoms with E-state index in [0.717, 1.165) is 23.5 Å². The van der Waals surface area contributed by atoms with Crippen LogP contribution in [0.5, 0.6) is 0 Å². The number of allylic oxidation sites excluding steroid dienone is 4. The Morgan fingerprint density at radius 1 is 0.409 bits per heavy atom. The van der Waals surface area contributed by atoms with E-state index < -0.39 is 5.41 Å². The normalized spacial score (nSPS) is 20.3. The van der Waals surface area contributed by atoms with Gasteiger partial charge in [0.1, 0.15) is 0 Å². The van der Waals surface area contributed by atoms with Crippen LogP contribution in [0.2, 0.25) is 0 Å². The molecule has 14 rings (SSSR count). The SMILES string of the molecule is CC1(C)c2ccccc2-c2ccc(-c3ccc(N(c4ccccc4)c4ccc5c(c4)C4(c6ccccc6-5)c5ccccc5C5(c6ccccc6)c6c(cccc64)C4=CC=CCC45)cc3)cc21. The van der Waals surface area contributed by atoms with Crippen LogP contribution in [0.3, 0.4) is 0 Å². The minimum absolute atomic E-state index is 0.0506. The van der Waals surface area contributed by atoms with Gasteiger partial charge in [-0.3, -0.25) is 0 Å². The van der Waals surface area contributed by atoms with Crippen LogP contribution in [0.15, 0.2) is 231 Å². The van der Waals surface area contributed by atoms with E-state index in [1.807, 2.05) is 0 Å². The standard InChI is InChI=1S/C65H47N/c1-63(2)54-26-12-9-22-48(54)51-38-34-43(40-60(51)63)42-32-35-46(36-33-42)66(45-20-7-4-8-21-45)47-37-39-52-49-23-10-14-28-56(49)65(61(52)41-47)58-30-16-15-29-57(58)64(44-18-5-3-6-19-44)55-27-13-11-24-50(55)53-25-17-31-59(65)62(53)64/h3-26,28-41,55H,27H2,1-2H3. The van der Waals surface area contributed by atoms with E-state index in [-0.39, 0.29) is 16.7 Å². The van der Waals surface area contributed by atoms with Gasteiger partial charge in [-0.25, -0.2) is 0 Å². The summed E-state index contributed by atoms with van der Waals surface area (Å²) in [6, 6.07) is 80.7. The first-order chi connectivity index (χ1) is 32.5. The molecule has 0 bridgehead atoms. The summed E-state index contributed by atoms with van der Waals surface area (Å²) in [4.78, 5) is 2.45. The molecule has 3 atom stereocenters. The molecule has 1 spiro atoms. The zero-order valence-electron chi connectivity index (χ0n) is 37.2. The molecule has 5 aliphatic carbocycles. The number of rotatable bonds is 5. The molecule has 0 radical (unpaired) electrons. The van der Waals surface area contributed by atoms with Gasteiger partial charge < -0.3 is 4.90 Å². The third kappa shape index (κ3) is 4.75. The fourth-order valence-electron chi connectivity index (χ4n) is 13.5. The van der Waals surface area contributed by atoms with Gasteiger partial charge in [-0.1, -0.05) is 202 Å². The lowest BCUT2D eigenvalue weighted by Gasteiger charge is -2.50. The molecule has 66 heavy (non-hydrogen) atoms. The second-order valence-corrected chi connectivity index (χ2v) is 19.5. The molecule has 1 heteroatoms. The maximum Gasteiger partial charge on any atom is 0.0720 e. The highest BCUT2D eigenvalue weighted by Crippen LogP contribution is 2.70. The van der Waals surface area contributed by atoms with E-state index in [4.69, 9.17) is 0 Å². The number of hydrogen-bond donors (Lipinski definition) is 0. The molecule has 1 nitrogen and oxygen atoms in total. The van der Waals surface area contributed by atoms with Crippen LogP contribution in [-0.4, -0.2) is 0 Å². The van der Waals surface area contributed by atoms with Gasteiger partial charge in [-0.2, -0.15) is 0 Å². The fraction of sp³-hybridized carbons (Fsp3) is 0.108. The summed E-state index contributed by atoms with van der Waals surface area (Å²) in [5.41, 5.74) is 25.6. The Kier molecular flexibility index (Phi) is 7.78. The van der Waals surface area contributed by atoms with Gasteiger partial charge in [0.15, 0.2) is 0 Å². The van der Waals surface area contributed by atoms with Crippen LogP contribution >= 0.6 is 0 Å². The zero-order chi connectivity index (χ0) is 43.8. The number of nitrogens with zero attached hydrogens (tertiary/aromatic N) is 1. The molecule has 0 N–H and O–H groups in total. The van der Waals surface area contributed by atoms with Crippen molar-refractivity contribution in [3.8, 4) is 33.4 Å². The molecule has 5 aliphatic rings. The van der Waals surface area contributed by atoms with Crippen molar-refractivity contribution in [2.45, 2.75) is 36.5 Å². The third-order valence-electron chi connectivity index (χ3n) is 16.2. The molecule has 0 saturated heterocycles. The topological polar surface area (TPSA) is 3.24 Å². The molecule has 0 aliphatic heterocycles. The second kappa shape index (κ2) is 13.6. The van der Waals surface area contributed by atoms with Crippen molar-refractivity contribution in [3.05, 3.63) is 286 Å². The van der Waals surface area contributed by atoms with Crippen molar-refractivity contribution in [1.29, 1.82) is 0 Å². The Labute approximate surface area is 387 Å². The summed E-state index contributed by atoms with van der Waals surface area (Å²) in [6.07, 6.45) is 8.08. The molecule has 0 fully saturated rings. The minimum atomic E-state index is -0.545. The van der Waals surface area contributed by atoms with E-state index in [1.165, 1.54) is 94.6 Å². The van der Waals surface area contributed by atoms with Crippen molar-refractivity contribution < 1.29 is 0 Å². The fourth-order valence-corrected chi connectivity index (χ4v) is 13.5. The predicted molar refractivity (Wildman–Crippen MR) is 273 cm³/mol. The van der Waals surface area contributed by atoms with E-state index in [1.54, 1.807) is 0 Å². The summed E-state index contributed by atoms with van der Waals surface area (Å²) in [5.74, 6) is 0.290. The number of para-hydroxylation sites is 1. The van der Waals surface area contributed by atoms with Crippen LogP contribution in [0, 0.1) is 5.92 Å². The highest BCUT2D eigenvalue weighted by atomic mass is 15.1. The van der Waals surface area contributed by atoms with Crippen LogP contribution in [0.1, 0.15) is 75.9 Å². The van der Waals surface area contributed by atoms with Crippen LogP contribution in [-0.2, 0) is 16.2 Å². The molecule has 0 aromatic heterocycles. The molecule has 9 aromatic rings. The molecular formula is C65H47N. The molecule has 312 valence electrons.